The molecule has 7 nitrogen and oxygen atoms in total. The molecule has 0 unspecified atom stereocenters. The molecule has 0 fully saturated rings. The lowest BCUT2D eigenvalue weighted by Gasteiger charge is -2.24. The van der Waals surface area contributed by atoms with Gasteiger partial charge >= 0.3 is 5.97 Å². The molecular formula is C17H17NO6S. The van der Waals surface area contributed by atoms with E-state index >= 15 is 0 Å². The average molecular weight is 363 g/mol. The van der Waals surface area contributed by atoms with Gasteiger partial charge in [-0.25, -0.2) is 13.2 Å². The second-order valence-corrected chi connectivity index (χ2v) is 7.42. The molecule has 0 spiro atoms. The molecule has 0 radical (unpaired) electrons. The molecule has 0 aliphatic carbocycles. The van der Waals surface area contributed by atoms with E-state index in [0.717, 1.165) is 6.07 Å². The number of benzene rings is 2. The van der Waals surface area contributed by atoms with E-state index in [1.807, 2.05) is 0 Å². The molecule has 2 aromatic rings. The Balaban J connectivity index is 2.02. The van der Waals surface area contributed by atoms with Gasteiger partial charge in [0.1, 0.15) is 5.75 Å². The quantitative estimate of drug-likeness (QED) is 0.768. The van der Waals surface area contributed by atoms with E-state index in [9.17, 15) is 18.3 Å². The molecule has 1 heterocycles. The number of ether oxygens (including phenoxy) is 1. The van der Waals surface area contributed by atoms with E-state index in [1.165, 1.54) is 18.2 Å². The summed E-state index contributed by atoms with van der Waals surface area (Å²) < 4.78 is 33.4. The van der Waals surface area contributed by atoms with Crippen LogP contribution in [0.3, 0.4) is 0 Å². The molecule has 8 heteroatoms. The average Bonchev–Trinajstić information content (AvgIpc) is 2.55. The number of carboxylic acids is 1. The number of aliphatic hydroxyl groups excluding tert-OH is 1. The highest BCUT2D eigenvalue weighted by molar-refractivity contribution is 7.92. The number of sulfonamides is 1. The number of hydrogen-bond acceptors (Lipinski definition) is 5. The molecule has 0 amide bonds. The van der Waals surface area contributed by atoms with Crippen LogP contribution in [-0.4, -0.2) is 31.2 Å². The number of aryl methyl sites for hydroxylation is 1. The van der Waals surface area contributed by atoms with Gasteiger partial charge in [0.25, 0.3) is 10.0 Å². The first-order valence-electron chi connectivity index (χ1n) is 7.60. The summed E-state index contributed by atoms with van der Waals surface area (Å²) >= 11 is 0. The highest BCUT2D eigenvalue weighted by atomic mass is 32.2. The van der Waals surface area contributed by atoms with Crippen molar-refractivity contribution in [3.8, 4) is 5.75 Å². The van der Waals surface area contributed by atoms with E-state index in [2.05, 4.69) is 4.72 Å². The lowest BCUT2D eigenvalue weighted by atomic mass is 10.0. The van der Waals surface area contributed by atoms with Crippen LogP contribution in [0.4, 0.5) is 5.69 Å². The number of rotatable bonds is 4. The third-order valence-corrected chi connectivity index (χ3v) is 5.52. The van der Waals surface area contributed by atoms with Crippen molar-refractivity contribution in [2.75, 3.05) is 11.3 Å². The molecule has 3 N–H and O–H groups in total. The summed E-state index contributed by atoms with van der Waals surface area (Å²) in [5.74, 6) is -0.920. The number of hydrogen-bond donors (Lipinski definition) is 3. The summed E-state index contributed by atoms with van der Waals surface area (Å²) in [6.45, 7) is 1.86. The van der Waals surface area contributed by atoms with Crippen LogP contribution in [0.15, 0.2) is 41.3 Å². The Hall–Kier alpha value is -2.58. The maximum absolute atomic E-state index is 12.7. The van der Waals surface area contributed by atoms with Crippen molar-refractivity contribution in [1.29, 1.82) is 0 Å². The zero-order valence-electron chi connectivity index (χ0n) is 13.4. The molecule has 0 aromatic heterocycles. The van der Waals surface area contributed by atoms with Crippen molar-refractivity contribution in [3.05, 3.63) is 53.1 Å². The Morgan fingerprint density at radius 3 is 2.76 bits per heavy atom. The second-order valence-electron chi connectivity index (χ2n) is 5.77. The van der Waals surface area contributed by atoms with E-state index in [-0.39, 0.29) is 28.5 Å². The minimum Gasteiger partial charge on any atom is -0.491 e. The molecule has 1 aliphatic heterocycles. The largest absolute Gasteiger partial charge is 0.491 e. The van der Waals surface area contributed by atoms with Gasteiger partial charge in [-0.15, -0.1) is 0 Å². The zero-order valence-corrected chi connectivity index (χ0v) is 14.2. The van der Waals surface area contributed by atoms with Gasteiger partial charge in [-0.2, -0.15) is 0 Å². The molecule has 3 rings (SSSR count). The molecule has 25 heavy (non-hydrogen) atoms. The number of carbonyl (C=O) groups is 1. The lowest BCUT2D eigenvalue weighted by Crippen LogP contribution is -2.19. The molecule has 132 valence electrons. The Bertz CT molecular complexity index is 938. The molecule has 0 saturated carbocycles. The topological polar surface area (TPSA) is 113 Å². The monoisotopic (exact) mass is 363 g/mol. The van der Waals surface area contributed by atoms with E-state index in [1.54, 1.807) is 19.1 Å². The fourth-order valence-electron chi connectivity index (χ4n) is 2.71. The molecule has 1 aliphatic rings. The highest BCUT2D eigenvalue weighted by Crippen LogP contribution is 2.38. The van der Waals surface area contributed by atoms with Gasteiger partial charge in [-0.3, -0.25) is 4.72 Å². The third kappa shape index (κ3) is 3.31. The minimum atomic E-state index is -4.03. The fourth-order valence-corrected chi connectivity index (χ4v) is 4.04. The standard InChI is InChI=1S/C17H17NO6S/c1-10-5-6-11(17(20)21)9-15(10)25(22,23)18-13-4-2-3-12-14(19)7-8-24-16(12)13/h2-6,9,14,18-19H,7-8H2,1H3,(H,20,21)/t14-/m1/s1. The predicted molar refractivity (Wildman–Crippen MR) is 90.5 cm³/mol. The van der Waals surface area contributed by atoms with E-state index < -0.39 is 22.1 Å². The summed E-state index contributed by atoms with van der Waals surface area (Å²) in [5, 5.41) is 19.1. The van der Waals surface area contributed by atoms with Crippen LogP contribution in [0, 0.1) is 6.92 Å². The van der Waals surface area contributed by atoms with Gasteiger partial charge in [0.2, 0.25) is 0 Å². The highest BCUT2D eigenvalue weighted by Gasteiger charge is 2.25. The van der Waals surface area contributed by atoms with Crippen molar-refractivity contribution in [2.45, 2.75) is 24.3 Å². The molecular weight excluding hydrogens is 346 g/mol. The van der Waals surface area contributed by atoms with Gasteiger partial charge in [0, 0.05) is 12.0 Å². The van der Waals surface area contributed by atoms with Crippen LogP contribution in [0.5, 0.6) is 5.75 Å². The van der Waals surface area contributed by atoms with Crippen LogP contribution in [0.25, 0.3) is 0 Å². The molecule has 2 aromatic carbocycles. The minimum absolute atomic E-state index is 0.118. The van der Waals surface area contributed by atoms with Crippen LogP contribution in [0.1, 0.15) is 34.0 Å². The number of nitrogens with one attached hydrogen (secondary N) is 1. The van der Waals surface area contributed by atoms with Crippen molar-refractivity contribution in [2.24, 2.45) is 0 Å². The Morgan fingerprint density at radius 1 is 1.28 bits per heavy atom. The van der Waals surface area contributed by atoms with Crippen LogP contribution >= 0.6 is 0 Å². The third-order valence-electron chi connectivity index (χ3n) is 4.01. The first kappa shape index (κ1) is 17.2. The summed E-state index contributed by atoms with van der Waals surface area (Å²) in [7, 11) is -4.03. The molecule has 1 atom stereocenters. The maximum atomic E-state index is 12.7. The number of anilines is 1. The summed E-state index contributed by atoms with van der Waals surface area (Å²) in [6, 6.07) is 8.73. The maximum Gasteiger partial charge on any atom is 0.335 e. The summed E-state index contributed by atoms with van der Waals surface area (Å²) in [4.78, 5) is 11.0. The van der Waals surface area contributed by atoms with Gasteiger partial charge in [0.15, 0.2) is 0 Å². The first-order chi connectivity index (χ1) is 11.8. The van der Waals surface area contributed by atoms with Crippen molar-refractivity contribution >= 4 is 21.7 Å². The van der Waals surface area contributed by atoms with Crippen LogP contribution < -0.4 is 9.46 Å². The first-order valence-corrected chi connectivity index (χ1v) is 9.08. The Morgan fingerprint density at radius 2 is 2.04 bits per heavy atom. The van der Waals surface area contributed by atoms with Gasteiger partial charge in [-0.05, 0) is 30.7 Å². The number of para-hydroxylation sites is 1. The molecule has 0 bridgehead atoms. The number of aromatic carboxylic acids is 1. The van der Waals surface area contributed by atoms with Gasteiger partial charge < -0.3 is 14.9 Å². The van der Waals surface area contributed by atoms with Gasteiger partial charge in [0.05, 0.1) is 28.9 Å². The summed E-state index contributed by atoms with van der Waals surface area (Å²) in [5.41, 5.74) is 1.02. The van der Waals surface area contributed by atoms with E-state index in [0.29, 0.717) is 17.5 Å². The lowest BCUT2D eigenvalue weighted by molar-refractivity contribution is 0.0696. The van der Waals surface area contributed by atoms with Crippen LogP contribution in [0.2, 0.25) is 0 Å². The zero-order chi connectivity index (χ0) is 18.2. The number of carboxylic acid groups (broad SMARTS) is 1. The summed E-state index contributed by atoms with van der Waals surface area (Å²) in [6.07, 6.45) is -0.284. The number of aliphatic hydroxyl groups is 1. The Kier molecular flexibility index (Phi) is 4.40. The second kappa shape index (κ2) is 6.38. The van der Waals surface area contributed by atoms with Crippen molar-refractivity contribution < 1.29 is 28.2 Å². The Labute approximate surface area is 144 Å². The fraction of sp³-hybridized carbons (Fsp3) is 0.235. The molecule has 0 saturated heterocycles. The smallest absolute Gasteiger partial charge is 0.335 e. The van der Waals surface area contributed by atoms with Crippen molar-refractivity contribution in [3.63, 3.8) is 0 Å². The SMILES string of the molecule is Cc1ccc(C(=O)O)cc1S(=O)(=O)Nc1cccc2c1OCC[C@H]2O. The van der Waals surface area contributed by atoms with Crippen LogP contribution in [-0.2, 0) is 10.0 Å². The number of fused-ring (bicyclic) bond motifs is 1. The normalized spacial score (nSPS) is 16.6. The van der Waals surface area contributed by atoms with Gasteiger partial charge in [-0.1, -0.05) is 18.2 Å². The van der Waals surface area contributed by atoms with E-state index in [4.69, 9.17) is 9.84 Å². The van der Waals surface area contributed by atoms with Crippen molar-refractivity contribution in [1.82, 2.24) is 0 Å². The predicted octanol–water partition coefficient (Wildman–Crippen LogP) is 2.31.